The highest BCUT2D eigenvalue weighted by Crippen LogP contribution is 2.13. The van der Waals surface area contributed by atoms with E-state index in [1.54, 1.807) is 12.1 Å². The van der Waals surface area contributed by atoms with Crippen LogP contribution < -0.4 is 10.5 Å². The standard InChI is InChI=1S/C11H19N3O2S/c1-9(8-14(2)3)13-10-4-6-11(7-5-10)17(12,15)16/h4-7,9,13H,8H2,1-3H3,(H2,12,15,16). The summed E-state index contributed by atoms with van der Waals surface area (Å²) in [5.74, 6) is 0. The summed E-state index contributed by atoms with van der Waals surface area (Å²) in [7, 11) is 0.401. The molecule has 0 aliphatic carbocycles. The topological polar surface area (TPSA) is 75.4 Å². The third kappa shape index (κ3) is 4.72. The maximum atomic E-state index is 11.1. The Bertz CT molecular complexity index is 454. The molecule has 1 atom stereocenters. The van der Waals surface area contributed by atoms with E-state index in [9.17, 15) is 8.42 Å². The van der Waals surface area contributed by atoms with Gasteiger partial charge in [-0.15, -0.1) is 0 Å². The molecule has 17 heavy (non-hydrogen) atoms. The van der Waals surface area contributed by atoms with Crippen LogP contribution in [0.4, 0.5) is 5.69 Å². The van der Waals surface area contributed by atoms with Crippen molar-refractivity contribution in [3.63, 3.8) is 0 Å². The molecule has 1 aromatic rings. The SMILES string of the molecule is CC(CN(C)C)Nc1ccc(S(N)(=O)=O)cc1. The number of hydrogen-bond donors (Lipinski definition) is 2. The molecular weight excluding hydrogens is 238 g/mol. The molecule has 1 aromatic carbocycles. The van der Waals surface area contributed by atoms with Crippen LogP contribution in [0, 0.1) is 0 Å². The molecule has 0 radical (unpaired) electrons. The first-order chi connectivity index (χ1) is 7.79. The Morgan fingerprint density at radius 3 is 2.24 bits per heavy atom. The number of hydrogen-bond acceptors (Lipinski definition) is 4. The van der Waals surface area contributed by atoms with E-state index in [0.717, 1.165) is 12.2 Å². The zero-order valence-corrected chi connectivity index (χ0v) is 11.2. The smallest absolute Gasteiger partial charge is 0.238 e. The van der Waals surface area contributed by atoms with E-state index in [1.165, 1.54) is 12.1 Å². The van der Waals surface area contributed by atoms with Gasteiger partial charge in [-0.2, -0.15) is 0 Å². The summed E-state index contributed by atoms with van der Waals surface area (Å²) in [5, 5.41) is 8.29. The molecule has 6 heteroatoms. The molecule has 0 heterocycles. The first-order valence-corrected chi connectivity index (χ1v) is 6.88. The molecule has 1 unspecified atom stereocenters. The molecule has 0 fully saturated rings. The Kier molecular flexibility index (Phi) is 4.50. The molecule has 0 bridgehead atoms. The number of likely N-dealkylation sites (N-methyl/N-ethyl adjacent to an activating group) is 1. The number of rotatable bonds is 5. The molecule has 3 N–H and O–H groups in total. The average Bonchev–Trinajstić information content (AvgIpc) is 2.15. The zero-order valence-electron chi connectivity index (χ0n) is 10.3. The van der Waals surface area contributed by atoms with Crippen LogP contribution >= 0.6 is 0 Å². The van der Waals surface area contributed by atoms with Crippen molar-refractivity contribution >= 4 is 15.7 Å². The Balaban J connectivity index is 2.69. The fourth-order valence-electron chi connectivity index (χ4n) is 1.62. The van der Waals surface area contributed by atoms with Gasteiger partial charge in [0.15, 0.2) is 0 Å². The third-order valence-electron chi connectivity index (χ3n) is 2.23. The lowest BCUT2D eigenvalue weighted by Gasteiger charge is -2.19. The Morgan fingerprint density at radius 1 is 1.29 bits per heavy atom. The van der Waals surface area contributed by atoms with E-state index in [0.29, 0.717) is 0 Å². The van der Waals surface area contributed by atoms with Gasteiger partial charge in [0.05, 0.1) is 4.90 Å². The lowest BCUT2D eigenvalue weighted by atomic mass is 10.2. The van der Waals surface area contributed by atoms with E-state index >= 15 is 0 Å². The van der Waals surface area contributed by atoms with E-state index in [1.807, 2.05) is 14.1 Å². The Labute approximate surface area is 103 Å². The van der Waals surface area contributed by atoms with Crippen molar-refractivity contribution in [2.75, 3.05) is 26.0 Å². The number of nitrogens with one attached hydrogen (secondary N) is 1. The first-order valence-electron chi connectivity index (χ1n) is 5.33. The molecule has 0 aromatic heterocycles. The highest BCUT2D eigenvalue weighted by atomic mass is 32.2. The molecule has 0 spiro atoms. The van der Waals surface area contributed by atoms with Gasteiger partial charge >= 0.3 is 0 Å². The molecule has 1 rings (SSSR count). The van der Waals surface area contributed by atoms with Gasteiger partial charge < -0.3 is 10.2 Å². The van der Waals surface area contributed by atoms with Crippen molar-refractivity contribution in [2.45, 2.75) is 17.9 Å². The van der Waals surface area contributed by atoms with Crippen LogP contribution in [0.5, 0.6) is 0 Å². The molecule has 0 aliphatic heterocycles. The van der Waals surface area contributed by atoms with Crippen molar-refractivity contribution in [2.24, 2.45) is 5.14 Å². The highest BCUT2D eigenvalue weighted by Gasteiger charge is 2.08. The van der Waals surface area contributed by atoms with E-state index in [-0.39, 0.29) is 10.9 Å². The van der Waals surface area contributed by atoms with Crippen LogP contribution in [0.25, 0.3) is 0 Å². The monoisotopic (exact) mass is 257 g/mol. The normalized spacial score (nSPS) is 13.7. The van der Waals surface area contributed by atoms with Crippen molar-refractivity contribution in [3.8, 4) is 0 Å². The third-order valence-corrected chi connectivity index (χ3v) is 3.16. The zero-order chi connectivity index (χ0) is 13.1. The van der Waals surface area contributed by atoms with E-state index in [4.69, 9.17) is 5.14 Å². The second-order valence-electron chi connectivity index (χ2n) is 4.38. The predicted molar refractivity (Wildman–Crippen MR) is 69.5 cm³/mol. The predicted octanol–water partition coefficient (Wildman–Crippen LogP) is 0.696. The van der Waals surface area contributed by atoms with Crippen molar-refractivity contribution in [3.05, 3.63) is 24.3 Å². The summed E-state index contributed by atoms with van der Waals surface area (Å²) in [6.45, 7) is 2.96. The summed E-state index contributed by atoms with van der Waals surface area (Å²) in [4.78, 5) is 2.21. The molecule has 0 saturated heterocycles. The molecule has 0 amide bonds. The van der Waals surface area contributed by atoms with Crippen LogP contribution in [-0.4, -0.2) is 40.0 Å². The highest BCUT2D eigenvalue weighted by molar-refractivity contribution is 7.89. The van der Waals surface area contributed by atoms with Crippen LogP contribution in [0.15, 0.2) is 29.2 Å². The van der Waals surface area contributed by atoms with Crippen molar-refractivity contribution in [1.82, 2.24) is 4.90 Å². The van der Waals surface area contributed by atoms with E-state index in [2.05, 4.69) is 17.1 Å². The minimum Gasteiger partial charge on any atom is -0.381 e. The average molecular weight is 257 g/mol. The van der Waals surface area contributed by atoms with Crippen LogP contribution in [-0.2, 0) is 10.0 Å². The van der Waals surface area contributed by atoms with Gasteiger partial charge in [-0.1, -0.05) is 0 Å². The van der Waals surface area contributed by atoms with Crippen LogP contribution in [0.1, 0.15) is 6.92 Å². The van der Waals surface area contributed by atoms with Crippen molar-refractivity contribution < 1.29 is 8.42 Å². The largest absolute Gasteiger partial charge is 0.381 e. The number of sulfonamides is 1. The van der Waals surface area contributed by atoms with Crippen LogP contribution in [0.3, 0.4) is 0 Å². The lowest BCUT2D eigenvalue weighted by molar-refractivity contribution is 0.392. The molecule has 0 saturated carbocycles. The number of anilines is 1. The quantitative estimate of drug-likeness (QED) is 0.814. The molecule has 0 aliphatic rings. The van der Waals surface area contributed by atoms with E-state index < -0.39 is 10.0 Å². The van der Waals surface area contributed by atoms with Gasteiger partial charge in [0, 0.05) is 18.3 Å². The Morgan fingerprint density at radius 2 is 1.82 bits per heavy atom. The lowest BCUT2D eigenvalue weighted by Crippen LogP contribution is -2.29. The van der Waals surface area contributed by atoms with Crippen molar-refractivity contribution in [1.29, 1.82) is 0 Å². The number of nitrogens with two attached hydrogens (primary N) is 1. The fourth-order valence-corrected chi connectivity index (χ4v) is 2.13. The summed E-state index contributed by atoms with van der Waals surface area (Å²) in [5.41, 5.74) is 0.881. The summed E-state index contributed by atoms with van der Waals surface area (Å²) < 4.78 is 22.1. The molecular formula is C11H19N3O2S. The second-order valence-corrected chi connectivity index (χ2v) is 5.94. The van der Waals surface area contributed by atoms with Gasteiger partial charge in [0.25, 0.3) is 0 Å². The number of nitrogens with zero attached hydrogens (tertiary/aromatic N) is 1. The first kappa shape index (κ1) is 14.0. The van der Waals surface area contributed by atoms with Gasteiger partial charge in [0.1, 0.15) is 0 Å². The van der Waals surface area contributed by atoms with Gasteiger partial charge in [-0.05, 0) is 45.3 Å². The maximum Gasteiger partial charge on any atom is 0.238 e. The fraction of sp³-hybridized carbons (Fsp3) is 0.455. The molecule has 5 nitrogen and oxygen atoms in total. The minimum absolute atomic E-state index is 0.128. The summed E-state index contributed by atoms with van der Waals surface area (Å²) in [6, 6.07) is 6.71. The second kappa shape index (κ2) is 5.48. The Hall–Kier alpha value is -1.11. The van der Waals surface area contributed by atoms with Crippen LogP contribution in [0.2, 0.25) is 0 Å². The summed E-state index contributed by atoms with van der Waals surface area (Å²) >= 11 is 0. The minimum atomic E-state index is -3.60. The number of primary sulfonamides is 1. The van der Waals surface area contributed by atoms with Gasteiger partial charge in [-0.3, -0.25) is 0 Å². The number of benzene rings is 1. The summed E-state index contributed by atoms with van der Waals surface area (Å²) in [6.07, 6.45) is 0. The van der Waals surface area contributed by atoms with Gasteiger partial charge in [-0.25, -0.2) is 13.6 Å². The maximum absolute atomic E-state index is 11.1. The van der Waals surface area contributed by atoms with Gasteiger partial charge in [0.2, 0.25) is 10.0 Å². The molecule has 96 valence electrons.